The van der Waals surface area contributed by atoms with Gasteiger partial charge in [-0.1, -0.05) is 85.9 Å². The van der Waals surface area contributed by atoms with Crippen molar-refractivity contribution in [2.45, 2.75) is 51.6 Å². The highest BCUT2D eigenvalue weighted by atomic mass is 35.5. The molecule has 0 aliphatic carbocycles. The number of carbonyl (C=O) groups is 2. The van der Waals surface area contributed by atoms with Crippen LogP contribution in [0.5, 0.6) is 0 Å². The molecule has 40 heavy (non-hydrogen) atoms. The molecule has 0 saturated carbocycles. The summed E-state index contributed by atoms with van der Waals surface area (Å²) in [5.41, 5.74) is 1.87. The van der Waals surface area contributed by atoms with E-state index in [0.717, 1.165) is 9.87 Å². The zero-order valence-electron chi connectivity index (χ0n) is 23.1. The fourth-order valence-electron chi connectivity index (χ4n) is 4.13. The van der Waals surface area contributed by atoms with Crippen LogP contribution in [0, 0.1) is 12.8 Å². The number of halogens is 2. The molecule has 214 valence electrons. The summed E-state index contributed by atoms with van der Waals surface area (Å²) in [4.78, 5) is 28.8. The zero-order chi connectivity index (χ0) is 29.4. The molecule has 0 unspecified atom stereocenters. The third kappa shape index (κ3) is 7.99. The largest absolute Gasteiger partial charge is 0.354 e. The van der Waals surface area contributed by atoms with Crippen LogP contribution in [0.1, 0.15) is 38.3 Å². The van der Waals surface area contributed by atoms with Crippen molar-refractivity contribution < 1.29 is 18.0 Å². The Hall–Kier alpha value is -3.07. The van der Waals surface area contributed by atoms with E-state index in [0.29, 0.717) is 34.3 Å². The van der Waals surface area contributed by atoms with E-state index < -0.39 is 28.5 Å². The molecular weight excluding hydrogens is 569 g/mol. The number of aryl methyl sites for hydroxylation is 1. The van der Waals surface area contributed by atoms with Gasteiger partial charge in [0.1, 0.15) is 12.6 Å². The van der Waals surface area contributed by atoms with Gasteiger partial charge in [-0.05, 0) is 61.2 Å². The van der Waals surface area contributed by atoms with Gasteiger partial charge in [0.05, 0.1) is 10.6 Å². The summed E-state index contributed by atoms with van der Waals surface area (Å²) in [6, 6.07) is 18.9. The Bertz CT molecular complexity index is 1410. The molecule has 0 aliphatic heterocycles. The van der Waals surface area contributed by atoms with Crippen LogP contribution in [-0.4, -0.2) is 44.3 Å². The van der Waals surface area contributed by atoms with E-state index in [9.17, 15) is 18.0 Å². The maximum absolute atomic E-state index is 14.1. The van der Waals surface area contributed by atoms with Crippen molar-refractivity contribution in [2.75, 3.05) is 17.4 Å². The average molecular weight is 605 g/mol. The van der Waals surface area contributed by atoms with Gasteiger partial charge in [0.2, 0.25) is 11.8 Å². The summed E-state index contributed by atoms with van der Waals surface area (Å²) < 4.78 is 28.7. The first-order valence-electron chi connectivity index (χ1n) is 13.1. The fraction of sp³-hybridized carbons (Fsp3) is 0.333. The highest BCUT2D eigenvalue weighted by Gasteiger charge is 2.34. The van der Waals surface area contributed by atoms with Crippen LogP contribution in [0.4, 0.5) is 5.69 Å². The molecule has 0 heterocycles. The van der Waals surface area contributed by atoms with Crippen LogP contribution in [0.15, 0.2) is 77.7 Å². The molecule has 3 aromatic rings. The molecule has 0 spiro atoms. The van der Waals surface area contributed by atoms with Crippen molar-refractivity contribution >= 4 is 50.7 Å². The van der Waals surface area contributed by atoms with Crippen molar-refractivity contribution in [3.63, 3.8) is 0 Å². The summed E-state index contributed by atoms with van der Waals surface area (Å²) in [7, 11) is -4.11. The van der Waals surface area contributed by atoms with Crippen LogP contribution in [0.25, 0.3) is 0 Å². The Morgan fingerprint density at radius 3 is 2.17 bits per heavy atom. The maximum Gasteiger partial charge on any atom is 0.264 e. The van der Waals surface area contributed by atoms with Gasteiger partial charge in [0.15, 0.2) is 0 Å². The molecule has 0 fully saturated rings. The van der Waals surface area contributed by atoms with E-state index in [2.05, 4.69) is 5.32 Å². The summed E-state index contributed by atoms with van der Waals surface area (Å²) >= 11 is 12.5. The lowest BCUT2D eigenvalue weighted by Gasteiger charge is -2.33. The number of hydrogen-bond acceptors (Lipinski definition) is 4. The first-order chi connectivity index (χ1) is 18.9. The second kappa shape index (κ2) is 14.0. The van der Waals surface area contributed by atoms with Gasteiger partial charge in [0, 0.05) is 23.1 Å². The molecule has 3 rings (SSSR count). The molecule has 0 bridgehead atoms. The third-order valence-corrected chi connectivity index (χ3v) is 8.73. The molecule has 10 heteroatoms. The van der Waals surface area contributed by atoms with Crippen LogP contribution in [0.2, 0.25) is 10.0 Å². The smallest absolute Gasteiger partial charge is 0.264 e. The number of anilines is 1. The average Bonchev–Trinajstić information content (AvgIpc) is 2.92. The van der Waals surface area contributed by atoms with Crippen molar-refractivity contribution in [2.24, 2.45) is 5.92 Å². The minimum absolute atomic E-state index is 0.00440. The maximum atomic E-state index is 14.1. The number of sulfonamides is 1. The van der Waals surface area contributed by atoms with E-state index in [4.69, 9.17) is 23.2 Å². The molecule has 0 radical (unpaired) electrons. The Balaban J connectivity index is 2.05. The summed E-state index contributed by atoms with van der Waals surface area (Å²) in [6.07, 6.45) is 0.316. The predicted molar refractivity (Wildman–Crippen MR) is 161 cm³/mol. The van der Waals surface area contributed by atoms with Gasteiger partial charge >= 0.3 is 0 Å². The minimum atomic E-state index is -4.11. The number of rotatable bonds is 12. The summed E-state index contributed by atoms with van der Waals surface area (Å²) in [5.74, 6) is -0.649. The van der Waals surface area contributed by atoms with Gasteiger partial charge in [-0.3, -0.25) is 13.9 Å². The number of hydrogen-bond donors (Lipinski definition) is 1. The van der Waals surface area contributed by atoms with Crippen LogP contribution in [-0.2, 0) is 26.2 Å². The quantitative estimate of drug-likeness (QED) is 0.272. The Kier molecular flexibility index (Phi) is 11.0. The minimum Gasteiger partial charge on any atom is -0.354 e. The van der Waals surface area contributed by atoms with Crippen LogP contribution in [0.3, 0.4) is 0 Å². The molecule has 3 aromatic carbocycles. The topological polar surface area (TPSA) is 86.8 Å². The predicted octanol–water partition coefficient (Wildman–Crippen LogP) is 6.08. The Morgan fingerprint density at radius 1 is 0.950 bits per heavy atom. The molecule has 1 atom stereocenters. The second-order valence-corrected chi connectivity index (χ2v) is 12.7. The van der Waals surface area contributed by atoms with Gasteiger partial charge < -0.3 is 10.2 Å². The van der Waals surface area contributed by atoms with Crippen LogP contribution < -0.4 is 9.62 Å². The summed E-state index contributed by atoms with van der Waals surface area (Å²) in [6.45, 7) is 7.58. The lowest BCUT2D eigenvalue weighted by molar-refractivity contribution is -0.140. The standard InChI is InChI=1S/C30H35Cl2N3O4S/c1-5-28(30(37)33-18-21(2)3)34(19-23-13-14-24(31)17-27(23)32)29(36)20-35(25-15-11-22(4)12-16-25)40(38,39)26-9-7-6-8-10-26/h6-17,21,28H,5,18-20H2,1-4H3,(H,33,37)/t28-/m0/s1. The normalized spacial score (nSPS) is 12.2. The first-order valence-corrected chi connectivity index (χ1v) is 15.3. The molecule has 0 saturated heterocycles. The molecular formula is C30H35Cl2N3O4S. The number of carbonyl (C=O) groups excluding carboxylic acids is 2. The number of amides is 2. The highest BCUT2D eigenvalue weighted by Crippen LogP contribution is 2.27. The molecule has 7 nitrogen and oxygen atoms in total. The van der Waals surface area contributed by atoms with Gasteiger partial charge in [-0.25, -0.2) is 8.42 Å². The monoisotopic (exact) mass is 603 g/mol. The lowest BCUT2D eigenvalue weighted by atomic mass is 10.1. The van der Waals surface area contributed by atoms with Gasteiger partial charge in [-0.2, -0.15) is 0 Å². The molecule has 1 N–H and O–H groups in total. The van der Waals surface area contributed by atoms with Crippen molar-refractivity contribution in [3.05, 3.63) is 94.0 Å². The number of benzene rings is 3. The Morgan fingerprint density at radius 2 is 1.60 bits per heavy atom. The van der Waals surface area contributed by atoms with Crippen molar-refractivity contribution in [3.8, 4) is 0 Å². The molecule has 0 aromatic heterocycles. The van der Waals surface area contributed by atoms with Crippen molar-refractivity contribution in [1.82, 2.24) is 10.2 Å². The Labute approximate surface area is 247 Å². The first kappa shape index (κ1) is 31.5. The van der Waals surface area contributed by atoms with E-state index in [1.165, 1.54) is 17.0 Å². The second-order valence-electron chi connectivity index (χ2n) is 9.98. The van der Waals surface area contributed by atoms with E-state index in [1.807, 2.05) is 27.7 Å². The van der Waals surface area contributed by atoms with Gasteiger partial charge in [-0.15, -0.1) is 0 Å². The zero-order valence-corrected chi connectivity index (χ0v) is 25.4. The fourth-order valence-corrected chi connectivity index (χ4v) is 6.04. The lowest BCUT2D eigenvalue weighted by Crippen LogP contribution is -2.52. The van der Waals surface area contributed by atoms with Gasteiger partial charge in [0.25, 0.3) is 10.0 Å². The summed E-state index contributed by atoms with van der Waals surface area (Å²) in [5, 5.41) is 3.69. The highest BCUT2D eigenvalue weighted by molar-refractivity contribution is 7.92. The van der Waals surface area contributed by atoms with Crippen molar-refractivity contribution in [1.29, 1.82) is 0 Å². The number of nitrogens with zero attached hydrogens (tertiary/aromatic N) is 2. The molecule has 0 aliphatic rings. The molecule has 2 amide bonds. The number of nitrogens with one attached hydrogen (secondary N) is 1. The van der Waals surface area contributed by atoms with E-state index >= 15 is 0 Å². The van der Waals surface area contributed by atoms with Crippen LogP contribution >= 0.6 is 23.2 Å². The van der Waals surface area contributed by atoms with E-state index in [1.54, 1.807) is 60.7 Å². The third-order valence-electron chi connectivity index (χ3n) is 6.36. The SMILES string of the molecule is CC[C@@H](C(=O)NCC(C)C)N(Cc1ccc(Cl)cc1Cl)C(=O)CN(c1ccc(C)cc1)S(=O)(=O)c1ccccc1. The van der Waals surface area contributed by atoms with E-state index in [-0.39, 0.29) is 23.3 Å².